The van der Waals surface area contributed by atoms with Gasteiger partial charge >= 0.3 is 0 Å². The summed E-state index contributed by atoms with van der Waals surface area (Å²) in [6.45, 7) is 6.99. The quantitative estimate of drug-likeness (QED) is 0.643. The van der Waals surface area contributed by atoms with E-state index in [9.17, 15) is 4.79 Å². The molecule has 0 aromatic carbocycles. The molecule has 0 radical (unpaired) electrons. The second-order valence-corrected chi connectivity index (χ2v) is 4.88. The van der Waals surface area contributed by atoms with E-state index in [4.69, 9.17) is 5.11 Å². The average Bonchev–Trinajstić information content (AvgIpc) is 2.08. The van der Waals surface area contributed by atoms with Gasteiger partial charge in [-0.3, -0.25) is 4.79 Å². The number of hydrogen-bond donors (Lipinski definition) is 2. The van der Waals surface area contributed by atoms with E-state index in [1.54, 1.807) is 0 Å². The molecule has 14 heavy (non-hydrogen) atoms. The van der Waals surface area contributed by atoms with Gasteiger partial charge in [0.15, 0.2) is 0 Å². The third-order valence-corrected chi connectivity index (χ3v) is 2.07. The molecule has 0 heterocycles. The van der Waals surface area contributed by atoms with E-state index >= 15 is 0 Å². The summed E-state index contributed by atoms with van der Waals surface area (Å²) < 4.78 is 0. The zero-order valence-electron chi connectivity index (χ0n) is 9.60. The molecule has 84 valence electrons. The van der Waals surface area contributed by atoms with Gasteiger partial charge in [-0.1, -0.05) is 33.6 Å². The fourth-order valence-electron chi connectivity index (χ4n) is 1.24. The van der Waals surface area contributed by atoms with Crippen LogP contribution in [-0.2, 0) is 4.79 Å². The Kier molecular flexibility index (Phi) is 6.54. The van der Waals surface area contributed by atoms with E-state index in [2.05, 4.69) is 26.1 Å². The van der Waals surface area contributed by atoms with Crippen LogP contribution in [0, 0.1) is 5.41 Å². The van der Waals surface area contributed by atoms with E-state index in [-0.39, 0.29) is 5.91 Å². The largest absolute Gasteiger partial charge is 0.387 e. The topological polar surface area (TPSA) is 49.3 Å². The smallest absolute Gasteiger partial charge is 0.245 e. The molecule has 0 rings (SSSR count). The lowest BCUT2D eigenvalue weighted by molar-refractivity contribution is -0.123. The zero-order valence-corrected chi connectivity index (χ0v) is 9.60. The summed E-state index contributed by atoms with van der Waals surface area (Å²) in [6.07, 6.45) is 4.57. The van der Waals surface area contributed by atoms with Gasteiger partial charge in [0.1, 0.15) is 6.61 Å². The van der Waals surface area contributed by atoms with Crippen LogP contribution in [0.25, 0.3) is 0 Å². The first-order chi connectivity index (χ1) is 6.45. The molecule has 0 aromatic rings. The number of hydrogen-bond acceptors (Lipinski definition) is 2. The van der Waals surface area contributed by atoms with Crippen LogP contribution >= 0.6 is 0 Å². The van der Waals surface area contributed by atoms with Crippen molar-refractivity contribution in [1.29, 1.82) is 0 Å². The minimum absolute atomic E-state index is 0.277. The van der Waals surface area contributed by atoms with Gasteiger partial charge in [-0.25, -0.2) is 0 Å². The fourth-order valence-corrected chi connectivity index (χ4v) is 1.24. The van der Waals surface area contributed by atoms with Crippen LogP contribution in [0.2, 0.25) is 0 Å². The van der Waals surface area contributed by atoms with Gasteiger partial charge in [-0.2, -0.15) is 0 Å². The van der Waals surface area contributed by atoms with E-state index in [0.29, 0.717) is 12.0 Å². The number of amides is 1. The van der Waals surface area contributed by atoms with Crippen LogP contribution in [0.15, 0.2) is 0 Å². The second-order valence-electron chi connectivity index (χ2n) is 4.88. The molecule has 0 aromatic heterocycles. The highest BCUT2D eigenvalue weighted by Gasteiger charge is 2.08. The van der Waals surface area contributed by atoms with Crippen molar-refractivity contribution in [3.63, 3.8) is 0 Å². The van der Waals surface area contributed by atoms with Gasteiger partial charge in [-0.15, -0.1) is 0 Å². The van der Waals surface area contributed by atoms with Crippen molar-refractivity contribution in [3.05, 3.63) is 0 Å². The van der Waals surface area contributed by atoms with Gasteiger partial charge in [0.25, 0.3) is 0 Å². The molecule has 3 heteroatoms. The maximum absolute atomic E-state index is 10.6. The highest BCUT2D eigenvalue weighted by atomic mass is 16.3. The van der Waals surface area contributed by atoms with E-state index < -0.39 is 6.61 Å². The number of carbonyl (C=O) groups excluding carboxylic acids is 1. The Morgan fingerprint density at radius 2 is 1.86 bits per heavy atom. The number of aliphatic hydroxyl groups excluding tert-OH is 1. The molecule has 0 atom stereocenters. The Bertz CT molecular complexity index is 161. The minimum atomic E-state index is -0.401. The molecule has 0 fully saturated rings. The van der Waals surface area contributed by atoms with Crippen LogP contribution in [0.4, 0.5) is 0 Å². The summed E-state index contributed by atoms with van der Waals surface area (Å²) in [6, 6.07) is 0. The summed E-state index contributed by atoms with van der Waals surface area (Å²) in [4.78, 5) is 10.6. The first-order valence-electron chi connectivity index (χ1n) is 5.33. The Labute approximate surface area is 86.9 Å². The third-order valence-electron chi connectivity index (χ3n) is 2.07. The lowest BCUT2D eigenvalue weighted by Crippen LogP contribution is -2.27. The minimum Gasteiger partial charge on any atom is -0.387 e. The van der Waals surface area contributed by atoms with Crippen LogP contribution in [-0.4, -0.2) is 24.2 Å². The number of nitrogens with one attached hydrogen (secondary N) is 1. The Balaban J connectivity index is 3.18. The molecule has 3 nitrogen and oxygen atoms in total. The lowest BCUT2D eigenvalue weighted by atomic mass is 9.89. The summed E-state index contributed by atoms with van der Waals surface area (Å²) >= 11 is 0. The highest BCUT2D eigenvalue weighted by molar-refractivity contribution is 5.76. The summed E-state index contributed by atoms with van der Waals surface area (Å²) in [7, 11) is 0. The van der Waals surface area contributed by atoms with Crippen LogP contribution < -0.4 is 5.32 Å². The maximum Gasteiger partial charge on any atom is 0.245 e. The molecule has 0 aliphatic carbocycles. The van der Waals surface area contributed by atoms with Crippen molar-refractivity contribution in [2.45, 2.75) is 46.5 Å². The van der Waals surface area contributed by atoms with Crippen molar-refractivity contribution in [2.24, 2.45) is 5.41 Å². The van der Waals surface area contributed by atoms with Crippen LogP contribution in [0.5, 0.6) is 0 Å². The average molecular weight is 201 g/mol. The van der Waals surface area contributed by atoms with Crippen molar-refractivity contribution < 1.29 is 9.90 Å². The van der Waals surface area contributed by atoms with E-state index in [1.807, 2.05) is 0 Å². The van der Waals surface area contributed by atoms with Gasteiger partial charge < -0.3 is 10.4 Å². The lowest BCUT2D eigenvalue weighted by Gasteiger charge is -2.17. The number of rotatable bonds is 6. The second kappa shape index (κ2) is 6.82. The molecule has 0 saturated carbocycles. The molecule has 0 aliphatic heterocycles. The summed E-state index contributed by atoms with van der Waals surface area (Å²) in [5.74, 6) is -0.277. The number of unbranched alkanes of at least 4 members (excludes halogenated alkanes) is 2. The molecular formula is C11H23NO2. The molecule has 0 unspecified atom stereocenters. The molecule has 1 amide bonds. The highest BCUT2D eigenvalue weighted by Crippen LogP contribution is 2.21. The molecule has 0 bridgehead atoms. The monoisotopic (exact) mass is 201 g/mol. The maximum atomic E-state index is 10.6. The van der Waals surface area contributed by atoms with E-state index in [1.165, 1.54) is 12.8 Å². The summed E-state index contributed by atoms with van der Waals surface area (Å²) in [5, 5.41) is 11.1. The van der Waals surface area contributed by atoms with Crippen LogP contribution in [0.3, 0.4) is 0 Å². The predicted octanol–water partition coefficient (Wildman–Crippen LogP) is 1.70. The molecule has 0 saturated heterocycles. The summed E-state index contributed by atoms with van der Waals surface area (Å²) in [5.41, 5.74) is 0.411. The SMILES string of the molecule is CC(C)(C)CCCCCNC(=O)CO. The zero-order chi connectivity index (χ0) is 11.0. The first kappa shape index (κ1) is 13.4. The molecular weight excluding hydrogens is 178 g/mol. The molecule has 0 aliphatic rings. The van der Waals surface area contributed by atoms with Crippen molar-refractivity contribution in [1.82, 2.24) is 5.32 Å². The van der Waals surface area contributed by atoms with Crippen molar-refractivity contribution in [3.8, 4) is 0 Å². The van der Waals surface area contributed by atoms with Gasteiger partial charge in [0, 0.05) is 6.54 Å². The number of carbonyl (C=O) groups is 1. The standard InChI is InChI=1S/C11H23NO2/c1-11(2,3)7-5-4-6-8-12-10(14)9-13/h13H,4-9H2,1-3H3,(H,12,14). The Morgan fingerprint density at radius 1 is 1.21 bits per heavy atom. The predicted molar refractivity (Wildman–Crippen MR) is 58.0 cm³/mol. The van der Waals surface area contributed by atoms with Crippen LogP contribution in [0.1, 0.15) is 46.5 Å². The molecule has 2 N–H and O–H groups in total. The fraction of sp³-hybridized carbons (Fsp3) is 0.909. The van der Waals surface area contributed by atoms with Gasteiger partial charge in [-0.05, 0) is 18.3 Å². The third kappa shape index (κ3) is 9.52. The van der Waals surface area contributed by atoms with Gasteiger partial charge in [0.05, 0.1) is 0 Å². The van der Waals surface area contributed by atoms with Gasteiger partial charge in [0.2, 0.25) is 5.91 Å². The normalized spacial score (nSPS) is 11.4. The first-order valence-corrected chi connectivity index (χ1v) is 5.33. The Morgan fingerprint density at radius 3 is 2.36 bits per heavy atom. The number of aliphatic hydroxyl groups is 1. The van der Waals surface area contributed by atoms with E-state index in [0.717, 1.165) is 12.8 Å². The Hall–Kier alpha value is -0.570. The van der Waals surface area contributed by atoms with Crippen molar-refractivity contribution >= 4 is 5.91 Å². The van der Waals surface area contributed by atoms with Crippen molar-refractivity contribution in [2.75, 3.05) is 13.2 Å². The molecule has 0 spiro atoms.